The van der Waals surface area contributed by atoms with Gasteiger partial charge in [0.15, 0.2) is 5.17 Å². The van der Waals surface area contributed by atoms with Gasteiger partial charge in [0.05, 0.1) is 12.8 Å². The quantitative estimate of drug-likeness (QED) is 0.328. The molecule has 6 nitrogen and oxygen atoms in total. The lowest BCUT2D eigenvalue weighted by molar-refractivity contribution is -0.129. The normalized spacial score (nSPS) is 16.9. The van der Waals surface area contributed by atoms with E-state index in [1.807, 2.05) is 66.7 Å². The van der Waals surface area contributed by atoms with Crippen LogP contribution >= 0.6 is 34.4 Å². The molecule has 0 radical (unpaired) electrons. The zero-order chi connectivity index (χ0) is 24.6. The number of anilines is 1. The van der Waals surface area contributed by atoms with Gasteiger partial charge in [-0.05, 0) is 89.5 Å². The number of ether oxygens (including phenoxy) is 1. The molecule has 1 aliphatic heterocycles. The summed E-state index contributed by atoms with van der Waals surface area (Å²) in [6.07, 6.45) is 1.80. The van der Waals surface area contributed by atoms with Crippen LogP contribution in [0, 0.1) is 3.57 Å². The van der Waals surface area contributed by atoms with Gasteiger partial charge in [-0.25, -0.2) is 4.99 Å². The zero-order valence-electron chi connectivity index (χ0n) is 19.3. The number of nitrogens with zero attached hydrogens (tertiary/aromatic N) is 2. The van der Waals surface area contributed by atoms with Crippen LogP contribution in [0.4, 0.5) is 11.4 Å². The number of nitrogens with one attached hydrogen (secondary N) is 1. The molecule has 3 aromatic rings. The van der Waals surface area contributed by atoms with E-state index < -0.39 is 5.25 Å². The van der Waals surface area contributed by atoms with Crippen molar-refractivity contribution in [3.05, 3.63) is 88.0 Å². The average molecular weight is 599 g/mol. The smallest absolute Gasteiger partial charge is 0.238 e. The molecule has 1 atom stereocenters. The monoisotopic (exact) mass is 599 g/mol. The second-order valence-corrected chi connectivity index (χ2v) is 10.4. The van der Waals surface area contributed by atoms with Gasteiger partial charge in [-0.2, -0.15) is 0 Å². The van der Waals surface area contributed by atoms with Crippen molar-refractivity contribution in [2.24, 2.45) is 4.99 Å². The maximum atomic E-state index is 13.2. The number of hydrogen-bond donors (Lipinski definition) is 1. The third-order valence-electron chi connectivity index (χ3n) is 5.53. The molecule has 0 spiro atoms. The molecule has 1 aliphatic rings. The van der Waals surface area contributed by atoms with E-state index in [1.54, 1.807) is 12.0 Å². The van der Waals surface area contributed by atoms with Gasteiger partial charge in [0.25, 0.3) is 0 Å². The van der Waals surface area contributed by atoms with E-state index in [0.29, 0.717) is 23.1 Å². The van der Waals surface area contributed by atoms with Crippen LogP contribution in [0.5, 0.6) is 5.75 Å². The summed E-state index contributed by atoms with van der Waals surface area (Å²) in [5, 5.41) is 2.93. The maximum Gasteiger partial charge on any atom is 0.238 e. The molecule has 180 valence electrons. The Balaban J connectivity index is 1.51. The number of benzene rings is 3. The van der Waals surface area contributed by atoms with Crippen molar-refractivity contribution in [2.45, 2.75) is 24.5 Å². The first-order chi connectivity index (χ1) is 17.0. The largest absolute Gasteiger partial charge is 0.497 e. The van der Waals surface area contributed by atoms with Crippen molar-refractivity contribution < 1.29 is 14.3 Å². The van der Waals surface area contributed by atoms with Crippen molar-refractivity contribution >= 4 is 62.7 Å². The first-order valence-corrected chi connectivity index (χ1v) is 13.3. The molecule has 4 rings (SSSR count). The number of rotatable bonds is 8. The highest BCUT2D eigenvalue weighted by molar-refractivity contribution is 14.1. The molecule has 1 saturated heterocycles. The molecule has 0 aliphatic carbocycles. The molecular formula is C27H26IN3O3S. The molecule has 1 heterocycles. The topological polar surface area (TPSA) is 71.0 Å². The molecule has 0 aromatic heterocycles. The molecule has 0 saturated carbocycles. The molecule has 0 bridgehead atoms. The number of halogens is 1. The number of aryl methyl sites for hydroxylation is 1. The molecule has 1 fully saturated rings. The Bertz CT molecular complexity index is 1180. The summed E-state index contributed by atoms with van der Waals surface area (Å²) < 4.78 is 6.32. The van der Waals surface area contributed by atoms with E-state index in [-0.39, 0.29) is 18.2 Å². The molecule has 3 aromatic carbocycles. The third-order valence-corrected chi connectivity index (χ3v) is 7.44. The molecule has 2 amide bonds. The minimum Gasteiger partial charge on any atom is -0.497 e. The van der Waals surface area contributed by atoms with Gasteiger partial charge in [-0.1, -0.05) is 42.1 Å². The number of thioether (sulfide) groups is 1. The van der Waals surface area contributed by atoms with Crippen LogP contribution in [0.3, 0.4) is 0 Å². The van der Waals surface area contributed by atoms with Gasteiger partial charge in [0, 0.05) is 22.2 Å². The zero-order valence-corrected chi connectivity index (χ0v) is 22.3. The van der Waals surface area contributed by atoms with Crippen LogP contribution in [-0.2, 0) is 16.0 Å². The molecular weight excluding hydrogens is 573 g/mol. The molecule has 35 heavy (non-hydrogen) atoms. The minimum absolute atomic E-state index is 0.0909. The standard InChI is InChI=1S/C27H26IN3O3S/c1-34-23-15-13-22(14-16-23)30-27-31(17-5-8-19-6-3-2-4-7-19)25(32)18-24(35-27)26(33)29-21-11-9-20(28)10-12-21/h2-4,6-7,9-16,24H,5,8,17-18H2,1H3,(H,29,33). The van der Waals surface area contributed by atoms with Crippen molar-refractivity contribution in [2.75, 3.05) is 19.0 Å². The highest BCUT2D eigenvalue weighted by Crippen LogP contribution is 2.31. The summed E-state index contributed by atoms with van der Waals surface area (Å²) in [7, 11) is 1.61. The summed E-state index contributed by atoms with van der Waals surface area (Å²) in [6.45, 7) is 0.543. The van der Waals surface area contributed by atoms with Crippen molar-refractivity contribution in [3.8, 4) is 5.75 Å². The van der Waals surface area contributed by atoms with Crippen LogP contribution in [0.2, 0.25) is 0 Å². The van der Waals surface area contributed by atoms with Crippen molar-refractivity contribution in [3.63, 3.8) is 0 Å². The Kier molecular flexibility index (Phi) is 8.81. The van der Waals surface area contributed by atoms with Crippen LogP contribution < -0.4 is 10.1 Å². The third kappa shape index (κ3) is 7.08. The van der Waals surface area contributed by atoms with E-state index in [0.717, 1.165) is 22.2 Å². The van der Waals surface area contributed by atoms with E-state index in [2.05, 4.69) is 40.0 Å². The maximum absolute atomic E-state index is 13.2. The number of carbonyl (C=O) groups is 2. The number of amides is 2. The number of hydrogen-bond acceptors (Lipinski definition) is 5. The first kappa shape index (κ1) is 25.2. The van der Waals surface area contributed by atoms with Gasteiger partial charge in [-0.15, -0.1) is 0 Å². The number of methoxy groups -OCH3 is 1. The van der Waals surface area contributed by atoms with E-state index in [1.165, 1.54) is 17.3 Å². The van der Waals surface area contributed by atoms with E-state index in [4.69, 9.17) is 9.73 Å². The highest BCUT2D eigenvalue weighted by atomic mass is 127. The summed E-state index contributed by atoms with van der Waals surface area (Å²) in [4.78, 5) is 32.7. The molecule has 1 unspecified atom stereocenters. The number of aliphatic imine (C=N–C) groups is 1. The number of carbonyl (C=O) groups excluding carboxylic acids is 2. The van der Waals surface area contributed by atoms with Gasteiger partial charge >= 0.3 is 0 Å². The van der Waals surface area contributed by atoms with Crippen LogP contribution in [0.1, 0.15) is 18.4 Å². The van der Waals surface area contributed by atoms with Gasteiger partial charge in [-0.3, -0.25) is 14.5 Å². The van der Waals surface area contributed by atoms with Crippen LogP contribution in [-0.4, -0.2) is 40.8 Å². The number of amidine groups is 1. The Morgan fingerprint density at radius 3 is 2.49 bits per heavy atom. The van der Waals surface area contributed by atoms with Crippen LogP contribution in [0.15, 0.2) is 83.9 Å². The fourth-order valence-corrected chi connectivity index (χ4v) is 5.15. The average Bonchev–Trinajstić information content (AvgIpc) is 2.88. The second-order valence-electron chi connectivity index (χ2n) is 8.03. The predicted molar refractivity (Wildman–Crippen MR) is 150 cm³/mol. The van der Waals surface area contributed by atoms with Gasteiger partial charge in [0.2, 0.25) is 11.8 Å². The Morgan fingerprint density at radius 1 is 1.09 bits per heavy atom. The summed E-state index contributed by atoms with van der Waals surface area (Å²) in [5.41, 5.74) is 2.64. The lowest BCUT2D eigenvalue weighted by atomic mass is 10.1. The van der Waals surface area contributed by atoms with Crippen molar-refractivity contribution in [1.29, 1.82) is 0 Å². The summed E-state index contributed by atoms with van der Waals surface area (Å²) >= 11 is 3.55. The van der Waals surface area contributed by atoms with Gasteiger partial charge in [0.1, 0.15) is 11.0 Å². The SMILES string of the molecule is COc1ccc(N=C2SC(C(=O)Nc3ccc(I)cc3)CC(=O)N2CCCc2ccccc2)cc1. The van der Waals surface area contributed by atoms with Crippen molar-refractivity contribution in [1.82, 2.24) is 4.90 Å². The predicted octanol–water partition coefficient (Wildman–Crippen LogP) is 5.89. The Morgan fingerprint density at radius 2 is 1.80 bits per heavy atom. The Hall–Kier alpha value is -2.85. The second kappa shape index (κ2) is 12.2. The van der Waals surface area contributed by atoms with Gasteiger partial charge < -0.3 is 10.1 Å². The first-order valence-electron chi connectivity index (χ1n) is 11.3. The fourth-order valence-electron chi connectivity index (χ4n) is 3.67. The summed E-state index contributed by atoms with van der Waals surface area (Å²) in [5.74, 6) is 0.443. The van der Waals surface area contributed by atoms with E-state index >= 15 is 0 Å². The molecule has 1 N–H and O–H groups in total. The summed E-state index contributed by atoms with van der Waals surface area (Å²) in [6, 6.07) is 25.1. The van der Waals surface area contributed by atoms with Crippen LogP contribution in [0.25, 0.3) is 0 Å². The fraction of sp³-hybridized carbons (Fsp3) is 0.222. The Labute approximate surface area is 223 Å². The van der Waals surface area contributed by atoms with E-state index in [9.17, 15) is 9.59 Å². The lowest BCUT2D eigenvalue weighted by Gasteiger charge is -2.32. The lowest BCUT2D eigenvalue weighted by Crippen LogP contribution is -2.45. The minimum atomic E-state index is -0.552. The highest BCUT2D eigenvalue weighted by Gasteiger charge is 2.35. The molecule has 8 heteroatoms.